The molecule has 7 heteroatoms. The van der Waals surface area contributed by atoms with Crippen LogP contribution in [-0.4, -0.2) is 28.2 Å². The Morgan fingerprint density at radius 2 is 1.91 bits per heavy atom. The van der Waals surface area contributed by atoms with Crippen LogP contribution in [0.5, 0.6) is 0 Å². The van der Waals surface area contributed by atoms with Crippen LogP contribution < -0.4 is 0 Å². The van der Waals surface area contributed by atoms with Gasteiger partial charge in [-0.2, -0.15) is 0 Å². The van der Waals surface area contributed by atoms with Gasteiger partial charge in [-0.3, -0.25) is 4.79 Å². The summed E-state index contributed by atoms with van der Waals surface area (Å²) in [5.74, 6) is -0.464. The lowest BCUT2D eigenvalue weighted by atomic mass is 10.0. The molecule has 0 spiro atoms. The minimum Gasteiger partial charge on any atom is -0.315 e. The largest absolute Gasteiger partial charge is 0.315 e. The van der Waals surface area contributed by atoms with Crippen molar-refractivity contribution in [1.82, 2.24) is 13.9 Å². The molecule has 0 atom stereocenters. The summed E-state index contributed by atoms with van der Waals surface area (Å²) < 4.78 is 27.8. The van der Waals surface area contributed by atoms with Gasteiger partial charge < -0.3 is 4.57 Å². The van der Waals surface area contributed by atoms with Crippen molar-refractivity contribution < 1.29 is 13.2 Å². The topological polar surface area (TPSA) is 72.3 Å². The van der Waals surface area contributed by atoms with Gasteiger partial charge in [0.25, 0.3) is 15.9 Å². The number of aromatic nitrogens is 2. The van der Waals surface area contributed by atoms with Gasteiger partial charge in [-0.05, 0) is 37.8 Å². The highest BCUT2D eigenvalue weighted by Gasteiger charge is 2.41. The number of aryl methyl sites for hydroxylation is 1. The molecule has 1 aromatic heterocycles. The minimum absolute atomic E-state index is 0.00181. The second-order valence-electron chi connectivity index (χ2n) is 5.61. The minimum atomic E-state index is -3.76. The molecule has 114 valence electrons. The van der Waals surface area contributed by atoms with Crippen LogP contribution in [0.15, 0.2) is 35.5 Å². The number of fused-ring (bicyclic) bond motifs is 2. The maximum Gasteiger partial charge on any atom is 0.270 e. The number of rotatable bonds is 2. The Labute approximate surface area is 128 Å². The van der Waals surface area contributed by atoms with Gasteiger partial charge in [0, 0.05) is 5.69 Å². The van der Waals surface area contributed by atoms with E-state index in [1.807, 2.05) is 0 Å². The van der Waals surface area contributed by atoms with Gasteiger partial charge in [-0.1, -0.05) is 12.1 Å². The highest BCUT2D eigenvalue weighted by molar-refractivity contribution is 7.90. The lowest BCUT2D eigenvalue weighted by Crippen LogP contribution is -2.32. The Kier molecular flexibility index (Phi) is 2.87. The van der Waals surface area contributed by atoms with Gasteiger partial charge in [0.15, 0.2) is 0 Å². The predicted molar refractivity (Wildman–Crippen MR) is 78.7 cm³/mol. The number of nitrogens with zero attached hydrogens (tertiary/aromatic N) is 3. The molecule has 0 fully saturated rings. The van der Waals surface area contributed by atoms with Crippen LogP contribution in [0.1, 0.15) is 34.6 Å². The molecule has 0 saturated heterocycles. The Morgan fingerprint density at radius 1 is 1.14 bits per heavy atom. The van der Waals surface area contributed by atoms with Crippen molar-refractivity contribution in [1.29, 1.82) is 0 Å². The predicted octanol–water partition coefficient (Wildman–Crippen LogP) is 1.56. The van der Waals surface area contributed by atoms with Gasteiger partial charge in [-0.15, -0.1) is 0 Å². The first kappa shape index (κ1) is 13.5. The number of hydrogen-bond donors (Lipinski definition) is 0. The molecule has 0 radical (unpaired) electrons. The molecular formula is C15H15N3O3S. The number of benzene rings is 1. The monoisotopic (exact) mass is 317 g/mol. The van der Waals surface area contributed by atoms with Crippen LogP contribution in [0.25, 0.3) is 0 Å². The van der Waals surface area contributed by atoms with Crippen molar-refractivity contribution in [3.8, 4) is 0 Å². The smallest absolute Gasteiger partial charge is 0.270 e. The maximum atomic E-state index is 12.6. The molecule has 0 unspecified atom stereocenters. The normalized spacial score (nSPS) is 19.1. The summed E-state index contributed by atoms with van der Waals surface area (Å²) in [5.41, 5.74) is 2.31. The van der Waals surface area contributed by atoms with Gasteiger partial charge >= 0.3 is 0 Å². The van der Waals surface area contributed by atoms with Gasteiger partial charge in [0.2, 0.25) is 0 Å². The van der Waals surface area contributed by atoms with E-state index in [2.05, 4.69) is 4.98 Å². The van der Waals surface area contributed by atoms with E-state index in [-0.39, 0.29) is 17.1 Å². The Hall–Kier alpha value is -2.15. The van der Waals surface area contributed by atoms with E-state index < -0.39 is 15.9 Å². The second-order valence-corrected chi connectivity index (χ2v) is 7.44. The standard InChI is InChI=1S/C15H15N3O3S/c19-15-11-5-1-4-8-14(11)22(20,21)18(15)10-17-9-16-12-6-2-3-7-13(12)17/h1,4-5,8-9H,2-3,6-7,10H2. The average molecular weight is 317 g/mol. The number of imidazole rings is 1. The zero-order chi connectivity index (χ0) is 15.3. The molecule has 6 nitrogen and oxygen atoms in total. The molecule has 2 aliphatic rings. The first-order valence-electron chi connectivity index (χ1n) is 7.28. The van der Waals surface area contributed by atoms with E-state index in [1.165, 1.54) is 6.07 Å². The summed E-state index contributed by atoms with van der Waals surface area (Å²) in [6.07, 6.45) is 5.62. The highest BCUT2D eigenvalue weighted by atomic mass is 32.2. The van der Waals surface area contributed by atoms with Crippen LogP contribution in [0.4, 0.5) is 0 Å². The third-order valence-electron chi connectivity index (χ3n) is 4.30. The van der Waals surface area contributed by atoms with E-state index in [9.17, 15) is 13.2 Å². The van der Waals surface area contributed by atoms with Crippen molar-refractivity contribution in [3.63, 3.8) is 0 Å². The molecule has 1 aromatic carbocycles. The van der Waals surface area contributed by atoms with Crippen molar-refractivity contribution in [2.24, 2.45) is 0 Å². The molecule has 22 heavy (non-hydrogen) atoms. The fraction of sp³-hybridized carbons (Fsp3) is 0.333. The molecule has 1 aliphatic carbocycles. The summed E-state index contributed by atoms with van der Waals surface area (Å²) in [7, 11) is -3.76. The van der Waals surface area contributed by atoms with Crippen molar-refractivity contribution in [3.05, 3.63) is 47.5 Å². The zero-order valence-electron chi connectivity index (χ0n) is 11.9. The van der Waals surface area contributed by atoms with Gasteiger partial charge in [0.1, 0.15) is 11.6 Å². The van der Waals surface area contributed by atoms with Crippen molar-refractivity contribution >= 4 is 15.9 Å². The molecule has 2 heterocycles. The molecule has 0 N–H and O–H groups in total. The molecule has 4 rings (SSSR count). The first-order chi connectivity index (χ1) is 10.6. The summed E-state index contributed by atoms with van der Waals surface area (Å²) in [4.78, 5) is 16.9. The molecule has 0 bridgehead atoms. The molecule has 2 aromatic rings. The van der Waals surface area contributed by atoms with Crippen molar-refractivity contribution in [2.75, 3.05) is 0 Å². The Morgan fingerprint density at radius 3 is 2.73 bits per heavy atom. The first-order valence-corrected chi connectivity index (χ1v) is 8.72. The SMILES string of the molecule is O=C1c2ccccc2S(=O)(=O)N1Cn1cnc2c1CCCC2. The molecule has 0 saturated carbocycles. The number of carbonyl (C=O) groups excluding carboxylic acids is 1. The van der Waals surface area contributed by atoms with Gasteiger partial charge in [-0.25, -0.2) is 17.7 Å². The van der Waals surface area contributed by atoms with Crippen LogP contribution in [0, 0.1) is 0 Å². The van der Waals surface area contributed by atoms with E-state index >= 15 is 0 Å². The van der Waals surface area contributed by atoms with E-state index in [1.54, 1.807) is 29.1 Å². The molecular weight excluding hydrogens is 302 g/mol. The number of amides is 1. The number of hydrogen-bond acceptors (Lipinski definition) is 4. The third kappa shape index (κ3) is 1.81. The van der Waals surface area contributed by atoms with Crippen LogP contribution in [0.3, 0.4) is 0 Å². The van der Waals surface area contributed by atoms with Gasteiger partial charge in [0.05, 0.1) is 17.6 Å². The number of carbonyl (C=O) groups is 1. The highest BCUT2D eigenvalue weighted by Crippen LogP contribution is 2.31. The zero-order valence-corrected chi connectivity index (χ0v) is 12.7. The molecule has 1 amide bonds. The Balaban J connectivity index is 1.73. The van der Waals surface area contributed by atoms with Crippen molar-refractivity contribution in [2.45, 2.75) is 37.2 Å². The van der Waals surface area contributed by atoms with Crippen LogP contribution in [-0.2, 0) is 29.5 Å². The quantitative estimate of drug-likeness (QED) is 0.843. The van der Waals surface area contributed by atoms with E-state index in [0.29, 0.717) is 0 Å². The summed E-state index contributed by atoms with van der Waals surface area (Å²) in [5, 5.41) is 0. The second kappa shape index (κ2) is 4.67. The summed E-state index contributed by atoms with van der Waals surface area (Å²) in [6.45, 7) is -0.00181. The fourth-order valence-corrected chi connectivity index (χ4v) is 4.68. The maximum absolute atomic E-state index is 12.6. The average Bonchev–Trinajstić information content (AvgIpc) is 3.02. The number of sulfonamides is 1. The summed E-state index contributed by atoms with van der Waals surface area (Å²) in [6, 6.07) is 6.34. The van der Waals surface area contributed by atoms with Crippen LogP contribution >= 0.6 is 0 Å². The fourth-order valence-electron chi connectivity index (χ4n) is 3.16. The lowest BCUT2D eigenvalue weighted by molar-refractivity contribution is 0.0843. The summed E-state index contributed by atoms with van der Waals surface area (Å²) >= 11 is 0. The third-order valence-corrected chi connectivity index (χ3v) is 6.08. The Bertz CT molecular complexity index is 870. The van der Waals surface area contributed by atoms with E-state index in [0.717, 1.165) is 41.4 Å². The van der Waals surface area contributed by atoms with E-state index in [4.69, 9.17) is 0 Å². The van der Waals surface area contributed by atoms with Crippen LogP contribution in [0.2, 0.25) is 0 Å². The molecule has 1 aliphatic heterocycles. The lowest BCUT2D eigenvalue weighted by Gasteiger charge is -2.19.